The maximum Gasteiger partial charge on any atom is 0.226 e. The van der Waals surface area contributed by atoms with Crippen LogP contribution in [0.15, 0.2) is 34.9 Å². The molecule has 0 spiro atoms. The minimum Gasteiger partial charge on any atom is -0.490 e. The van der Waals surface area contributed by atoms with Crippen molar-refractivity contribution in [2.45, 2.75) is 38.7 Å². The molecule has 112 valence electrons. The first kappa shape index (κ1) is 14.1. The molecule has 2 heterocycles. The Balaban J connectivity index is 1.75. The summed E-state index contributed by atoms with van der Waals surface area (Å²) in [5, 5.41) is 0. The van der Waals surface area contributed by atoms with Gasteiger partial charge in [-0.3, -0.25) is 0 Å². The summed E-state index contributed by atoms with van der Waals surface area (Å²) in [6, 6.07) is 7.94. The highest BCUT2D eigenvalue weighted by atomic mass is 16.5. The van der Waals surface area contributed by atoms with Gasteiger partial charge in [-0.05, 0) is 24.1 Å². The monoisotopic (exact) mass is 287 g/mol. The number of benzene rings is 1. The van der Waals surface area contributed by atoms with Crippen LogP contribution in [0.5, 0.6) is 5.75 Å². The van der Waals surface area contributed by atoms with Crippen molar-refractivity contribution in [3.8, 4) is 17.2 Å². The van der Waals surface area contributed by atoms with Crippen LogP contribution in [0.2, 0.25) is 0 Å². The number of ether oxygens (including phenoxy) is 2. The molecular formula is C17H21NO3. The lowest BCUT2D eigenvalue weighted by Crippen LogP contribution is -2.25. The molecule has 2 aromatic rings. The fraction of sp³-hybridized carbons (Fsp3) is 0.471. The average molecular weight is 287 g/mol. The van der Waals surface area contributed by atoms with Gasteiger partial charge in [-0.15, -0.1) is 0 Å². The lowest BCUT2D eigenvalue weighted by Gasteiger charge is -2.23. The summed E-state index contributed by atoms with van der Waals surface area (Å²) in [7, 11) is 0. The maximum absolute atomic E-state index is 6.02. The van der Waals surface area contributed by atoms with Gasteiger partial charge >= 0.3 is 0 Å². The van der Waals surface area contributed by atoms with E-state index in [-0.39, 0.29) is 6.10 Å². The Labute approximate surface area is 125 Å². The van der Waals surface area contributed by atoms with Crippen molar-refractivity contribution in [2.75, 3.05) is 13.2 Å². The van der Waals surface area contributed by atoms with Crippen molar-refractivity contribution < 1.29 is 13.9 Å². The highest BCUT2D eigenvalue weighted by molar-refractivity contribution is 5.56. The standard InChI is InChI=1S/C17H21NO3/c1-12(2)16-11-20-17(18-16)13-4-3-5-15(10-13)21-14-6-8-19-9-7-14/h3-5,10-12,14H,6-9H2,1-2H3. The summed E-state index contributed by atoms with van der Waals surface area (Å²) in [6.07, 6.45) is 3.86. The average Bonchev–Trinajstić information content (AvgIpc) is 2.99. The van der Waals surface area contributed by atoms with E-state index in [1.54, 1.807) is 6.26 Å². The van der Waals surface area contributed by atoms with Crippen LogP contribution in [0.1, 0.15) is 38.3 Å². The molecule has 0 atom stereocenters. The summed E-state index contributed by atoms with van der Waals surface area (Å²) in [5.41, 5.74) is 1.92. The second kappa shape index (κ2) is 6.31. The van der Waals surface area contributed by atoms with Crippen LogP contribution < -0.4 is 4.74 Å². The van der Waals surface area contributed by atoms with Gasteiger partial charge in [0.2, 0.25) is 5.89 Å². The highest BCUT2D eigenvalue weighted by Crippen LogP contribution is 2.26. The molecule has 1 aliphatic rings. The van der Waals surface area contributed by atoms with E-state index in [4.69, 9.17) is 13.9 Å². The fourth-order valence-corrected chi connectivity index (χ4v) is 2.37. The molecule has 1 aliphatic heterocycles. The van der Waals surface area contributed by atoms with E-state index >= 15 is 0 Å². The Hall–Kier alpha value is -1.81. The van der Waals surface area contributed by atoms with Crippen LogP contribution in [0.4, 0.5) is 0 Å². The second-order valence-corrected chi connectivity index (χ2v) is 5.69. The van der Waals surface area contributed by atoms with Gasteiger partial charge in [-0.2, -0.15) is 0 Å². The Morgan fingerprint density at radius 1 is 1.24 bits per heavy atom. The van der Waals surface area contributed by atoms with Gasteiger partial charge in [0, 0.05) is 18.4 Å². The Bertz CT molecular complexity index is 585. The second-order valence-electron chi connectivity index (χ2n) is 5.69. The molecular weight excluding hydrogens is 266 g/mol. The first-order valence-corrected chi connectivity index (χ1v) is 7.52. The minimum atomic E-state index is 0.241. The SMILES string of the molecule is CC(C)c1coc(-c2cccc(OC3CCOCC3)c2)n1. The van der Waals surface area contributed by atoms with Crippen molar-refractivity contribution in [2.24, 2.45) is 0 Å². The van der Waals surface area contributed by atoms with Crippen molar-refractivity contribution in [3.63, 3.8) is 0 Å². The lowest BCUT2D eigenvalue weighted by molar-refractivity contribution is 0.0256. The first-order chi connectivity index (χ1) is 10.2. The molecule has 4 heteroatoms. The zero-order valence-electron chi connectivity index (χ0n) is 12.5. The third-order valence-corrected chi connectivity index (χ3v) is 3.67. The van der Waals surface area contributed by atoms with E-state index in [0.29, 0.717) is 11.8 Å². The van der Waals surface area contributed by atoms with Crippen LogP contribution >= 0.6 is 0 Å². The molecule has 0 radical (unpaired) electrons. The summed E-state index contributed by atoms with van der Waals surface area (Å²) in [5.74, 6) is 1.88. The van der Waals surface area contributed by atoms with Crippen molar-refractivity contribution in [1.29, 1.82) is 0 Å². The van der Waals surface area contributed by atoms with E-state index < -0.39 is 0 Å². The van der Waals surface area contributed by atoms with Gasteiger partial charge in [0.05, 0.1) is 18.9 Å². The van der Waals surface area contributed by atoms with Crippen LogP contribution in [0, 0.1) is 0 Å². The largest absolute Gasteiger partial charge is 0.490 e. The number of oxazole rings is 1. The van der Waals surface area contributed by atoms with Gasteiger partial charge in [-0.1, -0.05) is 19.9 Å². The third-order valence-electron chi connectivity index (χ3n) is 3.67. The van der Waals surface area contributed by atoms with Crippen LogP contribution in [-0.2, 0) is 4.74 Å². The third kappa shape index (κ3) is 3.45. The molecule has 1 aromatic heterocycles. The molecule has 0 N–H and O–H groups in total. The maximum atomic E-state index is 6.02. The molecule has 1 aromatic carbocycles. The van der Waals surface area contributed by atoms with E-state index in [2.05, 4.69) is 18.8 Å². The molecule has 1 fully saturated rings. The molecule has 0 aliphatic carbocycles. The summed E-state index contributed by atoms with van der Waals surface area (Å²) >= 11 is 0. The van der Waals surface area contributed by atoms with Gasteiger partial charge in [0.1, 0.15) is 18.1 Å². The molecule has 1 saturated heterocycles. The number of hydrogen-bond donors (Lipinski definition) is 0. The van der Waals surface area contributed by atoms with Crippen molar-refractivity contribution in [1.82, 2.24) is 4.98 Å². The molecule has 0 amide bonds. The van der Waals surface area contributed by atoms with Gasteiger partial charge in [0.15, 0.2) is 0 Å². The smallest absolute Gasteiger partial charge is 0.226 e. The predicted molar refractivity (Wildman–Crippen MR) is 80.5 cm³/mol. The molecule has 3 rings (SSSR count). The number of hydrogen-bond acceptors (Lipinski definition) is 4. The van der Waals surface area contributed by atoms with E-state index in [1.165, 1.54) is 0 Å². The summed E-state index contributed by atoms with van der Waals surface area (Å²) < 4.78 is 16.9. The molecule has 0 unspecified atom stereocenters. The molecule has 0 saturated carbocycles. The van der Waals surface area contributed by atoms with E-state index in [0.717, 1.165) is 43.1 Å². The fourth-order valence-electron chi connectivity index (χ4n) is 2.37. The van der Waals surface area contributed by atoms with Crippen molar-refractivity contribution >= 4 is 0 Å². The summed E-state index contributed by atoms with van der Waals surface area (Å²) in [6.45, 7) is 5.77. The van der Waals surface area contributed by atoms with Crippen LogP contribution in [0.25, 0.3) is 11.5 Å². The zero-order chi connectivity index (χ0) is 14.7. The number of nitrogens with zero attached hydrogens (tertiary/aromatic N) is 1. The molecule has 21 heavy (non-hydrogen) atoms. The van der Waals surface area contributed by atoms with Crippen LogP contribution in [-0.4, -0.2) is 24.3 Å². The summed E-state index contributed by atoms with van der Waals surface area (Å²) in [4.78, 5) is 4.53. The number of aromatic nitrogens is 1. The highest BCUT2D eigenvalue weighted by Gasteiger charge is 2.16. The minimum absolute atomic E-state index is 0.241. The zero-order valence-corrected chi connectivity index (χ0v) is 12.5. The van der Waals surface area contributed by atoms with Gasteiger partial charge in [0.25, 0.3) is 0 Å². The first-order valence-electron chi connectivity index (χ1n) is 7.52. The van der Waals surface area contributed by atoms with Gasteiger partial charge in [-0.25, -0.2) is 4.98 Å². The van der Waals surface area contributed by atoms with E-state index in [9.17, 15) is 0 Å². The normalized spacial score (nSPS) is 16.3. The lowest BCUT2D eigenvalue weighted by atomic mass is 10.1. The molecule has 0 bridgehead atoms. The Morgan fingerprint density at radius 3 is 2.76 bits per heavy atom. The van der Waals surface area contributed by atoms with Gasteiger partial charge < -0.3 is 13.9 Å². The molecule has 4 nitrogen and oxygen atoms in total. The Kier molecular flexibility index (Phi) is 4.25. The number of rotatable bonds is 4. The predicted octanol–water partition coefficient (Wildman–Crippen LogP) is 4.02. The van der Waals surface area contributed by atoms with E-state index in [1.807, 2.05) is 24.3 Å². The quantitative estimate of drug-likeness (QED) is 0.852. The van der Waals surface area contributed by atoms with Crippen molar-refractivity contribution in [3.05, 3.63) is 36.2 Å². The topological polar surface area (TPSA) is 44.5 Å². The Morgan fingerprint density at radius 2 is 2.05 bits per heavy atom. The van der Waals surface area contributed by atoms with Crippen LogP contribution in [0.3, 0.4) is 0 Å².